The van der Waals surface area contributed by atoms with Crippen LogP contribution in [-0.2, 0) is 11.8 Å². The summed E-state index contributed by atoms with van der Waals surface area (Å²) in [6.45, 7) is 1.51. The topological polar surface area (TPSA) is 94.1 Å². The van der Waals surface area contributed by atoms with Gasteiger partial charge in [-0.3, -0.25) is 10.1 Å². The molecule has 136 valence electrons. The molecule has 3 heterocycles. The fourth-order valence-electron chi connectivity index (χ4n) is 3.36. The second-order valence-corrected chi connectivity index (χ2v) is 6.43. The number of anilines is 1. The van der Waals surface area contributed by atoms with Crippen molar-refractivity contribution in [1.82, 2.24) is 19.5 Å². The number of aromatic nitrogens is 4. The first-order valence-electron chi connectivity index (χ1n) is 8.59. The van der Waals surface area contributed by atoms with Gasteiger partial charge in [0.25, 0.3) is 5.91 Å². The summed E-state index contributed by atoms with van der Waals surface area (Å²) in [5, 5.41) is 2.78. The van der Waals surface area contributed by atoms with Gasteiger partial charge in [0.1, 0.15) is 17.0 Å². The number of methoxy groups -OCH3 is 1. The summed E-state index contributed by atoms with van der Waals surface area (Å²) >= 11 is 0. The summed E-state index contributed by atoms with van der Waals surface area (Å²) in [6, 6.07) is 4.00. The number of carbonyl (C=O) groups is 1. The van der Waals surface area contributed by atoms with Crippen molar-refractivity contribution in [3.63, 3.8) is 0 Å². The highest BCUT2D eigenvalue weighted by Crippen LogP contribution is 2.36. The van der Waals surface area contributed by atoms with Crippen molar-refractivity contribution in [2.45, 2.75) is 18.8 Å². The first-order chi connectivity index (χ1) is 12.7. The standard InChI is InChI=1S/C18H21N5O3/c1-23-9-13(19-10-23)17(24)22-18-20-15-12(11-5-7-26-8-6-11)3-4-14(25-2)16(15)21-18/h3-4,9-11H,5-8H2,1-2H3,(H2,20,21,22,24). The molecule has 1 amide bonds. The van der Waals surface area contributed by atoms with E-state index in [1.165, 1.54) is 0 Å². The molecule has 0 bridgehead atoms. The molecule has 1 aromatic carbocycles. The molecule has 4 rings (SSSR count). The normalized spacial score (nSPS) is 15.3. The van der Waals surface area contributed by atoms with Gasteiger partial charge in [-0.2, -0.15) is 0 Å². The van der Waals surface area contributed by atoms with Gasteiger partial charge in [0.15, 0.2) is 0 Å². The van der Waals surface area contributed by atoms with E-state index in [4.69, 9.17) is 9.47 Å². The van der Waals surface area contributed by atoms with E-state index in [0.29, 0.717) is 23.3 Å². The SMILES string of the molecule is COc1ccc(C2CCOCC2)c2nc(NC(=O)c3cn(C)cn3)[nH]c12. The van der Waals surface area contributed by atoms with Crippen molar-refractivity contribution in [3.05, 3.63) is 35.9 Å². The average Bonchev–Trinajstić information content (AvgIpc) is 3.27. The van der Waals surface area contributed by atoms with Gasteiger partial charge < -0.3 is 19.0 Å². The molecule has 0 aliphatic carbocycles. The zero-order valence-corrected chi connectivity index (χ0v) is 14.8. The molecule has 26 heavy (non-hydrogen) atoms. The number of rotatable bonds is 4. The highest BCUT2D eigenvalue weighted by atomic mass is 16.5. The van der Waals surface area contributed by atoms with Gasteiger partial charge in [-0.1, -0.05) is 6.07 Å². The van der Waals surface area contributed by atoms with Crippen LogP contribution in [0.1, 0.15) is 34.8 Å². The molecule has 0 radical (unpaired) electrons. The molecular weight excluding hydrogens is 334 g/mol. The third kappa shape index (κ3) is 3.03. The highest BCUT2D eigenvalue weighted by Gasteiger charge is 2.22. The number of aromatic amines is 1. The average molecular weight is 355 g/mol. The maximum Gasteiger partial charge on any atom is 0.278 e. The minimum absolute atomic E-state index is 0.309. The molecule has 2 aromatic heterocycles. The molecule has 3 aromatic rings. The second-order valence-electron chi connectivity index (χ2n) is 6.43. The van der Waals surface area contributed by atoms with Crippen molar-refractivity contribution in [1.29, 1.82) is 0 Å². The smallest absolute Gasteiger partial charge is 0.278 e. The van der Waals surface area contributed by atoms with Crippen LogP contribution in [0.4, 0.5) is 5.95 Å². The maximum absolute atomic E-state index is 12.4. The Morgan fingerprint density at radius 3 is 2.88 bits per heavy atom. The summed E-state index contributed by atoms with van der Waals surface area (Å²) in [7, 11) is 3.44. The van der Waals surface area contributed by atoms with Crippen molar-refractivity contribution in [3.8, 4) is 5.75 Å². The molecule has 1 fully saturated rings. The molecule has 1 aliphatic heterocycles. The Morgan fingerprint density at radius 1 is 1.38 bits per heavy atom. The number of amides is 1. The van der Waals surface area contributed by atoms with E-state index in [2.05, 4.69) is 26.3 Å². The first kappa shape index (κ1) is 16.6. The lowest BCUT2D eigenvalue weighted by Gasteiger charge is -2.22. The minimum atomic E-state index is -0.309. The van der Waals surface area contributed by atoms with E-state index in [-0.39, 0.29) is 5.91 Å². The third-order valence-corrected chi connectivity index (χ3v) is 4.69. The molecular formula is C18H21N5O3. The van der Waals surface area contributed by atoms with Gasteiger partial charge in [-0.15, -0.1) is 0 Å². The zero-order valence-electron chi connectivity index (χ0n) is 14.8. The van der Waals surface area contributed by atoms with Crippen molar-refractivity contribution < 1.29 is 14.3 Å². The number of benzene rings is 1. The number of ether oxygens (including phenoxy) is 2. The molecule has 2 N–H and O–H groups in total. The third-order valence-electron chi connectivity index (χ3n) is 4.69. The summed E-state index contributed by atoms with van der Waals surface area (Å²) in [5.74, 6) is 1.16. The molecule has 1 saturated heterocycles. The number of aryl methyl sites for hydroxylation is 1. The highest BCUT2D eigenvalue weighted by molar-refractivity contribution is 6.02. The predicted molar refractivity (Wildman–Crippen MR) is 96.6 cm³/mol. The molecule has 8 heteroatoms. The minimum Gasteiger partial charge on any atom is -0.494 e. The fourth-order valence-corrected chi connectivity index (χ4v) is 3.36. The Morgan fingerprint density at radius 2 is 2.19 bits per heavy atom. The van der Waals surface area contributed by atoms with Gasteiger partial charge in [0.05, 0.1) is 19.0 Å². The first-order valence-corrected chi connectivity index (χ1v) is 8.59. The second kappa shape index (κ2) is 6.80. The van der Waals surface area contributed by atoms with E-state index < -0.39 is 0 Å². The van der Waals surface area contributed by atoms with Crippen LogP contribution in [-0.4, -0.2) is 45.7 Å². The van der Waals surface area contributed by atoms with E-state index >= 15 is 0 Å². The Balaban J connectivity index is 1.69. The van der Waals surface area contributed by atoms with Crippen molar-refractivity contribution >= 4 is 22.9 Å². The number of carbonyl (C=O) groups excluding carboxylic acids is 1. The summed E-state index contributed by atoms with van der Waals surface area (Å²) in [6.07, 6.45) is 5.17. The number of hydrogen-bond acceptors (Lipinski definition) is 5. The lowest BCUT2D eigenvalue weighted by atomic mass is 9.90. The van der Waals surface area contributed by atoms with Crippen molar-refractivity contribution in [2.24, 2.45) is 7.05 Å². The van der Waals surface area contributed by atoms with E-state index in [9.17, 15) is 4.79 Å². The molecule has 0 unspecified atom stereocenters. The van der Waals surface area contributed by atoms with E-state index in [0.717, 1.165) is 42.7 Å². The summed E-state index contributed by atoms with van der Waals surface area (Å²) in [5.41, 5.74) is 3.10. The van der Waals surface area contributed by atoms with Crippen LogP contribution >= 0.6 is 0 Å². The number of fused-ring (bicyclic) bond motifs is 1. The van der Waals surface area contributed by atoms with E-state index in [1.807, 2.05) is 13.1 Å². The molecule has 1 aliphatic rings. The molecule has 0 spiro atoms. The lowest BCUT2D eigenvalue weighted by Crippen LogP contribution is -2.14. The number of hydrogen-bond donors (Lipinski definition) is 2. The molecule has 0 saturated carbocycles. The van der Waals surface area contributed by atoms with Crippen LogP contribution in [0.15, 0.2) is 24.7 Å². The molecule has 8 nitrogen and oxygen atoms in total. The van der Waals surface area contributed by atoms with Gasteiger partial charge >= 0.3 is 0 Å². The fraction of sp³-hybridized carbons (Fsp3) is 0.389. The quantitative estimate of drug-likeness (QED) is 0.750. The Labute approximate surface area is 150 Å². The largest absolute Gasteiger partial charge is 0.494 e. The maximum atomic E-state index is 12.4. The van der Waals surface area contributed by atoms with Crippen LogP contribution in [0.5, 0.6) is 5.75 Å². The van der Waals surface area contributed by atoms with Gasteiger partial charge in [-0.25, -0.2) is 9.97 Å². The van der Waals surface area contributed by atoms with Crippen LogP contribution in [0.2, 0.25) is 0 Å². The van der Waals surface area contributed by atoms with Crippen LogP contribution in [0.25, 0.3) is 11.0 Å². The summed E-state index contributed by atoms with van der Waals surface area (Å²) < 4.78 is 12.6. The van der Waals surface area contributed by atoms with Gasteiger partial charge in [0.2, 0.25) is 5.95 Å². The van der Waals surface area contributed by atoms with Gasteiger partial charge in [0, 0.05) is 26.5 Å². The number of nitrogens with one attached hydrogen (secondary N) is 2. The Bertz CT molecular complexity index is 940. The monoisotopic (exact) mass is 355 g/mol. The molecule has 0 atom stereocenters. The zero-order chi connectivity index (χ0) is 18.1. The number of nitrogens with zero attached hydrogens (tertiary/aromatic N) is 3. The van der Waals surface area contributed by atoms with Gasteiger partial charge in [-0.05, 0) is 30.4 Å². The predicted octanol–water partition coefficient (Wildman–Crippen LogP) is 2.45. The van der Waals surface area contributed by atoms with Crippen LogP contribution in [0, 0.1) is 0 Å². The number of imidazole rings is 2. The van der Waals surface area contributed by atoms with Crippen LogP contribution in [0.3, 0.4) is 0 Å². The van der Waals surface area contributed by atoms with E-state index in [1.54, 1.807) is 24.2 Å². The van der Waals surface area contributed by atoms with Crippen LogP contribution < -0.4 is 10.1 Å². The number of H-pyrrole nitrogens is 1. The summed E-state index contributed by atoms with van der Waals surface area (Å²) in [4.78, 5) is 24.2. The Kier molecular flexibility index (Phi) is 4.34. The lowest BCUT2D eigenvalue weighted by molar-refractivity contribution is 0.0856. The van der Waals surface area contributed by atoms with Crippen molar-refractivity contribution in [2.75, 3.05) is 25.6 Å². The Hall–Kier alpha value is -2.87.